The smallest absolute Gasteiger partial charge is 0.253 e. The molecule has 1 aromatic carbocycles. The van der Waals surface area contributed by atoms with E-state index >= 15 is 0 Å². The van der Waals surface area contributed by atoms with Gasteiger partial charge in [-0.25, -0.2) is 0 Å². The molecular formula is C15H21ClN2O. The molecule has 2 unspecified atom stereocenters. The van der Waals surface area contributed by atoms with Crippen LogP contribution in [0.15, 0.2) is 24.3 Å². The molecule has 1 saturated carbocycles. The van der Waals surface area contributed by atoms with Crippen molar-refractivity contribution >= 4 is 18.3 Å². The van der Waals surface area contributed by atoms with Crippen LogP contribution in [0.3, 0.4) is 0 Å². The first-order chi connectivity index (χ1) is 8.78. The minimum Gasteiger partial charge on any atom is -0.338 e. The van der Waals surface area contributed by atoms with Crippen molar-refractivity contribution in [3.05, 3.63) is 35.4 Å². The zero-order chi connectivity index (χ0) is 12.5. The molecule has 0 spiro atoms. The van der Waals surface area contributed by atoms with Crippen LogP contribution in [0, 0.1) is 11.8 Å². The highest BCUT2D eigenvalue weighted by atomic mass is 35.5. The number of nitrogens with two attached hydrogens (primary N) is 1. The molecule has 104 valence electrons. The second-order valence-corrected chi connectivity index (χ2v) is 5.56. The molecule has 2 atom stereocenters. The van der Waals surface area contributed by atoms with Crippen molar-refractivity contribution in [2.75, 3.05) is 13.1 Å². The summed E-state index contributed by atoms with van der Waals surface area (Å²) < 4.78 is 0. The number of likely N-dealkylation sites (tertiary alicyclic amines) is 1. The van der Waals surface area contributed by atoms with Gasteiger partial charge >= 0.3 is 0 Å². The van der Waals surface area contributed by atoms with Crippen LogP contribution in [-0.2, 0) is 6.54 Å². The monoisotopic (exact) mass is 280 g/mol. The maximum Gasteiger partial charge on any atom is 0.253 e. The van der Waals surface area contributed by atoms with Crippen molar-refractivity contribution in [3.63, 3.8) is 0 Å². The highest BCUT2D eigenvalue weighted by Gasteiger charge is 2.38. The molecule has 1 aliphatic heterocycles. The standard InChI is InChI=1S/C15H20N2O.ClH/c16-8-11-4-6-12(7-5-11)15(18)17-9-13-2-1-3-14(13)10-17;/h4-7,13-14H,1-3,8-10,16H2;1H. The van der Waals surface area contributed by atoms with E-state index in [1.807, 2.05) is 29.2 Å². The number of nitrogens with zero attached hydrogens (tertiary/aromatic N) is 1. The van der Waals surface area contributed by atoms with E-state index in [1.165, 1.54) is 19.3 Å². The second-order valence-electron chi connectivity index (χ2n) is 5.56. The minimum atomic E-state index is 0. The van der Waals surface area contributed by atoms with Crippen LogP contribution < -0.4 is 5.73 Å². The third-order valence-electron chi connectivity index (χ3n) is 4.45. The van der Waals surface area contributed by atoms with Gasteiger partial charge in [-0.1, -0.05) is 18.6 Å². The van der Waals surface area contributed by atoms with E-state index in [-0.39, 0.29) is 18.3 Å². The lowest BCUT2D eigenvalue weighted by Gasteiger charge is -2.17. The molecule has 3 rings (SSSR count). The third-order valence-corrected chi connectivity index (χ3v) is 4.45. The summed E-state index contributed by atoms with van der Waals surface area (Å²) in [5.41, 5.74) is 7.44. The van der Waals surface area contributed by atoms with Crippen molar-refractivity contribution in [2.45, 2.75) is 25.8 Å². The van der Waals surface area contributed by atoms with Crippen LogP contribution in [0.5, 0.6) is 0 Å². The number of hydrogen-bond acceptors (Lipinski definition) is 2. The molecule has 1 heterocycles. The topological polar surface area (TPSA) is 46.3 Å². The first kappa shape index (κ1) is 14.4. The molecule has 1 aliphatic carbocycles. The molecule has 0 aromatic heterocycles. The molecule has 19 heavy (non-hydrogen) atoms. The van der Waals surface area contributed by atoms with Crippen molar-refractivity contribution in [3.8, 4) is 0 Å². The Bertz CT molecular complexity index is 434. The van der Waals surface area contributed by atoms with E-state index in [0.29, 0.717) is 6.54 Å². The van der Waals surface area contributed by atoms with Crippen molar-refractivity contribution in [1.29, 1.82) is 0 Å². The van der Waals surface area contributed by atoms with Gasteiger partial charge in [-0.15, -0.1) is 12.4 Å². The van der Waals surface area contributed by atoms with Gasteiger partial charge in [-0.2, -0.15) is 0 Å². The van der Waals surface area contributed by atoms with Gasteiger partial charge in [0, 0.05) is 25.2 Å². The Hall–Kier alpha value is -1.06. The highest BCUT2D eigenvalue weighted by molar-refractivity contribution is 5.94. The summed E-state index contributed by atoms with van der Waals surface area (Å²) in [7, 11) is 0. The van der Waals surface area contributed by atoms with E-state index in [1.54, 1.807) is 0 Å². The molecule has 4 heteroatoms. The van der Waals surface area contributed by atoms with Crippen LogP contribution in [-0.4, -0.2) is 23.9 Å². The minimum absolute atomic E-state index is 0. The highest BCUT2D eigenvalue weighted by Crippen LogP contribution is 2.38. The van der Waals surface area contributed by atoms with Crippen LogP contribution in [0.4, 0.5) is 0 Å². The zero-order valence-corrected chi connectivity index (χ0v) is 11.9. The quantitative estimate of drug-likeness (QED) is 0.904. The molecule has 2 aliphatic rings. The van der Waals surface area contributed by atoms with Crippen LogP contribution in [0.25, 0.3) is 0 Å². The summed E-state index contributed by atoms with van der Waals surface area (Å²) in [6.07, 6.45) is 3.96. The van der Waals surface area contributed by atoms with Crippen molar-refractivity contribution in [1.82, 2.24) is 4.90 Å². The predicted octanol–water partition coefficient (Wildman–Crippen LogP) is 2.44. The van der Waals surface area contributed by atoms with E-state index in [9.17, 15) is 4.79 Å². The number of benzene rings is 1. The molecule has 1 saturated heterocycles. The lowest BCUT2D eigenvalue weighted by Crippen LogP contribution is -2.29. The van der Waals surface area contributed by atoms with Gasteiger partial charge in [-0.05, 0) is 42.4 Å². The number of rotatable bonds is 2. The first-order valence-corrected chi connectivity index (χ1v) is 6.86. The summed E-state index contributed by atoms with van der Waals surface area (Å²) in [6.45, 7) is 2.45. The maximum atomic E-state index is 12.4. The fourth-order valence-electron chi connectivity index (χ4n) is 3.37. The van der Waals surface area contributed by atoms with E-state index in [4.69, 9.17) is 5.73 Å². The van der Waals surface area contributed by atoms with Gasteiger partial charge in [0.25, 0.3) is 5.91 Å². The zero-order valence-electron chi connectivity index (χ0n) is 11.0. The fraction of sp³-hybridized carbons (Fsp3) is 0.533. The number of amides is 1. The SMILES string of the molecule is Cl.NCc1ccc(C(=O)N2CC3CCCC3C2)cc1. The molecule has 1 aromatic rings. The number of halogens is 1. The van der Waals surface area contributed by atoms with Gasteiger partial charge in [0.1, 0.15) is 0 Å². The molecule has 2 N–H and O–H groups in total. The Balaban J connectivity index is 0.00000133. The van der Waals surface area contributed by atoms with Gasteiger partial charge < -0.3 is 10.6 Å². The van der Waals surface area contributed by atoms with Gasteiger partial charge in [0.05, 0.1) is 0 Å². The average Bonchev–Trinajstić information content (AvgIpc) is 2.99. The van der Waals surface area contributed by atoms with Gasteiger partial charge in [0.15, 0.2) is 0 Å². The largest absolute Gasteiger partial charge is 0.338 e. The van der Waals surface area contributed by atoms with Gasteiger partial charge in [-0.3, -0.25) is 4.79 Å². The summed E-state index contributed by atoms with van der Waals surface area (Å²) in [5, 5.41) is 0. The molecule has 2 fully saturated rings. The Morgan fingerprint density at radius 2 is 1.74 bits per heavy atom. The van der Waals surface area contributed by atoms with E-state index in [2.05, 4.69) is 0 Å². The Kier molecular flexibility index (Phi) is 4.48. The van der Waals surface area contributed by atoms with Crippen LogP contribution in [0.1, 0.15) is 35.2 Å². The Morgan fingerprint density at radius 3 is 2.26 bits per heavy atom. The summed E-state index contributed by atoms with van der Waals surface area (Å²) in [6, 6.07) is 7.70. The van der Waals surface area contributed by atoms with Crippen LogP contribution in [0.2, 0.25) is 0 Å². The van der Waals surface area contributed by atoms with Gasteiger partial charge in [0.2, 0.25) is 0 Å². The van der Waals surface area contributed by atoms with Crippen LogP contribution >= 0.6 is 12.4 Å². The lowest BCUT2D eigenvalue weighted by atomic mass is 10.0. The van der Waals surface area contributed by atoms with Crippen molar-refractivity contribution < 1.29 is 4.79 Å². The van der Waals surface area contributed by atoms with Crippen molar-refractivity contribution in [2.24, 2.45) is 17.6 Å². The predicted molar refractivity (Wildman–Crippen MR) is 78.3 cm³/mol. The molecule has 0 bridgehead atoms. The first-order valence-electron chi connectivity index (χ1n) is 6.86. The number of hydrogen-bond donors (Lipinski definition) is 1. The lowest BCUT2D eigenvalue weighted by molar-refractivity contribution is 0.0780. The summed E-state index contributed by atoms with van der Waals surface area (Å²) in [5.74, 6) is 1.71. The average molecular weight is 281 g/mol. The van der Waals surface area contributed by atoms with E-state index in [0.717, 1.165) is 36.1 Å². The summed E-state index contributed by atoms with van der Waals surface area (Å²) >= 11 is 0. The fourth-order valence-corrected chi connectivity index (χ4v) is 3.37. The van der Waals surface area contributed by atoms with E-state index < -0.39 is 0 Å². The Morgan fingerprint density at radius 1 is 1.16 bits per heavy atom. The molecule has 0 radical (unpaired) electrons. The maximum absolute atomic E-state index is 12.4. The number of fused-ring (bicyclic) bond motifs is 1. The molecule has 3 nitrogen and oxygen atoms in total. The number of carbonyl (C=O) groups excluding carboxylic acids is 1. The molecule has 1 amide bonds. The second kappa shape index (κ2) is 5.93. The number of carbonyl (C=O) groups is 1. The Labute approximate surface area is 120 Å². The molecular weight excluding hydrogens is 260 g/mol. The normalized spacial score (nSPS) is 25.0. The third kappa shape index (κ3) is 2.77. The summed E-state index contributed by atoms with van der Waals surface area (Å²) in [4.78, 5) is 14.4.